The summed E-state index contributed by atoms with van der Waals surface area (Å²) in [5.74, 6) is -0.669. The fourth-order valence-corrected chi connectivity index (χ4v) is 4.91. The van der Waals surface area contributed by atoms with E-state index >= 15 is 0 Å². The normalized spacial score (nSPS) is 11.0. The van der Waals surface area contributed by atoms with Crippen LogP contribution in [0.25, 0.3) is 22.3 Å². The first-order chi connectivity index (χ1) is 21.0. The van der Waals surface area contributed by atoms with Crippen LogP contribution in [0, 0.1) is 0 Å². The summed E-state index contributed by atoms with van der Waals surface area (Å²) in [6, 6.07) is 34.0. The predicted octanol–water partition coefficient (Wildman–Crippen LogP) is 7.33. The van der Waals surface area contributed by atoms with Gasteiger partial charge in [0.1, 0.15) is 35.7 Å². The summed E-state index contributed by atoms with van der Waals surface area (Å²) in [7, 11) is 0. The Kier molecular flexibility index (Phi) is 7.70. The highest BCUT2D eigenvalue weighted by atomic mass is 16.5. The average Bonchev–Trinajstić information content (AvgIpc) is 3.03. The van der Waals surface area contributed by atoms with Crippen molar-refractivity contribution in [2.45, 2.75) is 19.6 Å². The van der Waals surface area contributed by atoms with Crippen molar-refractivity contribution in [3.8, 4) is 40.1 Å². The highest BCUT2D eigenvalue weighted by molar-refractivity contribution is 5.90. The summed E-state index contributed by atoms with van der Waals surface area (Å²) in [6.07, 6.45) is 0.306. The molecule has 214 valence electrons. The molecule has 6 aromatic rings. The maximum absolute atomic E-state index is 14.4. The monoisotopic (exact) mass is 572 g/mol. The van der Waals surface area contributed by atoms with Crippen molar-refractivity contribution in [1.82, 2.24) is 0 Å². The molecule has 0 amide bonds. The van der Waals surface area contributed by atoms with Crippen LogP contribution < -0.4 is 14.9 Å². The molecule has 6 rings (SSSR count). The second-order valence-electron chi connectivity index (χ2n) is 10.1. The zero-order chi connectivity index (χ0) is 29.8. The van der Waals surface area contributed by atoms with Gasteiger partial charge in [0.25, 0.3) is 0 Å². The molecular formula is C36H28O7. The number of hydrogen-bond acceptors (Lipinski definition) is 7. The van der Waals surface area contributed by atoms with Crippen LogP contribution in [0.4, 0.5) is 0 Å². The highest BCUT2D eigenvalue weighted by Gasteiger charge is 2.25. The molecule has 0 spiro atoms. The molecule has 0 saturated heterocycles. The van der Waals surface area contributed by atoms with Gasteiger partial charge in [-0.05, 0) is 34.9 Å². The number of rotatable bonds is 9. The van der Waals surface area contributed by atoms with Crippen LogP contribution in [-0.2, 0) is 19.6 Å². The van der Waals surface area contributed by atoms with Gasteiger partial charge in [0, 0.05) is 23.6 Å². The Labute approximate surface area is 247 Å². The third-order valence-corrected chi connectivity index (χ3v) is 7.09. The number of phenols is 3. The molecule has 0 radical (unpaired) electrons. The fourth-order valence-electron chi connectivity index (χ4n) is 4.91. The minimum Gasteiger partial charge on any atom is -0.507 e. The smallest absolute Gasteiger partial charge is 0.239 e. The van der Waals surface area contributed by atoms with Gasteiger partial charge in [0.05, 0.1) is 0 Å². The zero-order valence-corrected chi connectivity index (χ0v) is 23.1. The van der Waals surface area contributed by atoms with Crippen LogP contribution >= 0.6 is 0 Å². The van der Waals surface area contributed by atoms with Gasteiger partial charge in [-0.25, -0.2) is 0 Å². The van der Waals surface area contributed by atoms with Gasteiger partial charge in [0.2, 0.25) is 11.2 Å². The van der Waals surface area contributed by atoms with Gasteiger partial charge < -0.3 is 29.2 Å². The lowest BCUT2D eigenvalue weighted by Gasteiger charge is -2.18. The van der Waals surface area contributed by atoms with E-state index in [1.807, 2.05) is 91.0 Å². The summed E-state index contributed by atoms with van der Waals surface area (Å²) in [6.45, 7) is 0.220. The summed E-state index contributed by atoms with van der Waals surface area (Å²) in [5.41, 5.74) is 2.95. The SMILES string of the molecule is O=c1c(OCc2ccccc2)c(-c2ccc(O)c(O)c2)oc2cc(O)c(Cc3ccccc3)c(OCc3ccccc3)c12. The first-order valence-corrected chi connectivity index (χ1v) is 13.7. The van der Waals surface area contributed by atoms with E-state index in [0.717, 1.165) is 16.7 Å². The van der Waals surface area contributed by atoms with Gasteiger partial charge >= 0.3 is 0 Å². The summed E-state index contributed by atoms with van der Waals surface area (Å²) < 4.78 is 18.7. The molecule has 0 bridgehead atoms. The second-order valence-corrected chi connectivity index (χ2v) is 10.1. The van der Waals surface area contributed by atoms with Crippen LogP contribution in [-0.4, -0.2) is 15.3 Å². The molecule has 7 heteroatoms. The fraction of sp³-hybridized carbons (Fsp3) is 0.0833. The number of phenolic OH excluding ortho intramolecular Hbond substituents is 3. The Morgan fingerprint density at radius 3 is 1.72 bits per heavy atom. The molecule has 7 nitrogen and oxygen atoms in total. The van der Waals surface area contributed by atoms with Crippen LogP contribution in [0.3, 0.4) is 0 Å². The summed E-state index contributed by atoms with van der Waals surface area (Å²) in [5, 5.41) is 31.5. The number of aromatic hydroxyl groups is 3. The summed E-state index contributed by atoms with van der Waals surface area (Å²) >= 11 is 0. The van der Waals surface area contributed by atoms with E-state index in [2.05, 4.69) is 0 Å². The van der Waals surface area contributed by atoms with E-state index in [1.54, 1.807) is 0 Å². The minimum atomic E-state index is -0.503. The third-order valence-electron chi connectivity index (χ3n) is 7.09. The van der Waals surface area contributed by atoms with Crippen LogP contribution in [0.5, 0.6) is 28.7 Å². The van der Waals surface area contributed by atoms with Gasteiger partial charge in [-0.15, -0.1) is 0 Å². The van der Waals surface area contributed by atoms with E-state index < -0.39 is 5.43 Å². The van der Waals surface area contributed by atoms with Crippen molar-refractivity contribution in [1.29, 1.82) is 0 Å². The molecule has 0 atom stereocenters. The van der Waals surface area contributed by atoms with E-state index in [1.165, 1.54) is 24.3 Å². The van der Waals surface area contributed by atoms with E-state index in [4.69, 9.17) is 13.9 Å². The van der Waals surface area contributed by atoms with Crippen molar-refractivity contribution >= 4 is 11.0 Å². The molecule has 5 aromatic carbocycles. The number of fused-ring (bicyclic) bond motifs is 1. The highest BCUT2D eigenvalue weighted by Crippen LogP contribution is 2.42. The van der Waals surface area contributed by atoms with Crippen LogP contribution in [0.15, 0.2) is 124 Å². The number of hydrogen-bond donors (Lipinski definition) is 3. The van der Waals surface area contributed by atoms with Gasteiger partial charge in [-0.2, -0.15) is 0 Å². The molecule has 0 aliphatic carbocycles. The van der Waals surface area contributed by atoms with Crippen molar-refractivity contribution in [3.63, 3.8) is 0 Å². The van der Waals surface area contributed by atoms with Crippen molar-refractivity contribution < 1.29 is 29.2 Å². The quantitative estimate of drug-likeness (QED) is 0.156. The molecule has 3 N–H and O–H groups in total. The van der Waals surface area contributed by atoms with E-state index in [9.17, 15) is 20.1 Å². The van der Waals surface area contributed by atoms with Gasteiger partial charge in [0.15, 0.2) is 17.3 Å². The Balaban J connectivity index is 1.56. The molecule has 1 heterocycles. The lowest BCUT2D eigenvalue weighted by molar-refractivity contribution is 0.294. The van der Waals surface area contributed by atoms with Gasteiger partial charge in [-0.1, -0.05) is 91.0 Å². The van der Waals surface area contributed by atoms with E-state index in [-0.39, 0.29) is 58.7 Å². The lowest BCUT2D eigenvalue weighted by atomic mass is 9.99. The molecular weight excluding hydrogens is 544 g/mol. The zero-order valence-electron chi connectivity index (χ0n) is 23.1. The molecule has 0 fully saturated rings. The Bertz CT molecular complexity index is 1930. The predicted molar refractivity (Wildman–Crippen MR) is 164 cm³/mol. The van der Waals surface area contributed by atoms with Crippen LogP contribution in [0.1, 0.15) is 22.3 Å². The standard InChI is InChI=1S/C36H28O7/c37-28-17-16-26(19-30(28)39)34-36(42-22-25-14-8-3-9-15-25)33(40)32-31(43-34)20-29(38)27(18-23-10-4-1-5-11-23)35(32)41-21-24-12-6-2-7-13-24/h1-17,19-20,37-39H,18,21-22H2. The lowest BCUT2D eigenvalue weighted by Crippen LogP contribution is -2.13. The van der Waals surface area contributed by atoms with E-state index in [0.29, 0.717) is 17.5 Å². The minimum absolute atomic E-state index is 0.0351. The number of ether oxygens (including phenoxy) is 2. The second kappa shape index (κ2) is 12.0. The van der Waals surface area contributed by atoms with Crippen molar-refractivity contribution in [2.75, 3.05) is 0 Å². The summed E-state index contributed by atoms with van der Waals surface area (Å²) in [4.78, 5) is 14.4. The molecule has 43 heavy (non-hydrogen) atoms. The largest absolute Gasteiger partial charge is 0.507 e. The molecule has 0 aliphatic rings. The van der Waals surface area contributed by atoms with Crippen LogP contribution in [0.2, 0.25) is 0 Å². The first-order valence-electron chi connectivity index (χ1n) is 13.7. The van der Waals surface area contributed by atoms with Crippen molar-refractivity contribution in [3.05, 3.63) is 148 Å². The molecule has 0 saturated carbocycles. The Morgan fingerprint density at radius 1 is 0.581 bits per heavy atom. The topological polar surface area (TPSA) is 109 Å². The average molecular weight is 573 g/mol. The van der Waals surface area contributed by atoms with Gasteiger partial charge in [-0.3, -0.25) is 4.79 Å². The molecule has 1 aromatic heterocycles. The molecule has 0 unspecified atom stereocenters. The molecule has 0 aliphatic heterocycles. The Hall–Kier alpha value is -5.69. The first kappa shape index (κ1) is 27.5. The number of benzene rings is 5. The van der Waals surface area contributed by atoms with Crippen molar-refractivity contribution in [2.24, 2.45) is 0 Å². The maximum Gasteiger partial charge on any atom is 0.239 e. The Morgan fingerprint density at radius 2 is 1.14 bits per heavy atom. The maximum atomic E-state index is 14.4. The third kappa shape index (κ3) is 5.87.